The lowest BCUT2D eigenvalue weighted by Crippen LogP contribution is -2.20. The topological polar surface area (TPSA) is 55.4 Å². The third-order valence-corrected chi connectivity index (χ3v) is 3.11. The zero-order valence-electron chi connectivity index (χ0n) is 12.7. The molecule has 126 valence electrons. The number of ketones is 1. The van der Waals surface area contributed by atoms with Crippen LogP contribution in [0.2, 0.25) is 0 Å². The maximum atomic E-state index is 12.6. The average molecular weight is 337 g/mol. The van der Waals surface area contributed by atoms with Gasteiger partial charge in [0.2, 0.25) is 0 Å². The lowest BCUT2D eigenvalue weighted by Gasteiger charge is -2.10. The molecule has 24 heavy (non-hydrogen) atoms. The van der Waals surface area contributed by atoms with E-state index in [4.69, 9.17) is 4.74 Å². The highest BCUT2D eigenvalue weighted by atomic mass is 19.4. The Balaban J connectivity index is 1.92. The van der Waals surface area contributed by atoms with Gasteiger partial charge in [-0.1, -0.05) is 6.07 Å². The van der Waals surface area contributed by atoms with Crippen LogP contribution in [0, 0.1) is 0 Å². The number of hydrogen-bond donors (Lipinski definition) is 1. The summed E-state index contributed by atoms with van der Waals surface area (Å²) in [5.74, 6) is -0.671. The number of carbonyl (C=O) groups is 2. The molecule has 0 aliphatic carbocycles. The zero-order chi connectivity index (χ0) is 17.7. The first-order chi connectivity index (χ1) is 11.3. The molecule has 0 aliphatic heterocycles. The van der Waals surface area contributed by atoms with Crippen LogP contribution in [0.4, 0.5) is 18.9 Å². The first kappa shape index (κ1) is 17.5. The Morgan fingerprint density at radius 3 is 2.33 bits per heavy atom. The SMILES string of the molecule is CC(=O)c1ccc(NC(=O)COc2cccc(C(F)(F)F)c2)cc1. The second kappa shape index (κ2) is 7.16. The Kier molecular flexibility index (Phi) is 5.23. The Morgan fingerprint density at radius 1 is 1.08 bits per heavy atom. The van der Waals surface area contributed by atoms with Crippen molar-refractivity contribution in [1.82, 2.24) is 0 Å². The van der Waals surface area contributed by atoms with Gasteiger partial charge in [0.15, 0.2) is 12.4 Å². The number of benzene rings is 2. The van der Waals surface area contributed by atoms with Crippen LogP contribution in [0.15, 0.2) is 48.5 Å². The number of rotatable bonds is 5. The summed E-state index contributed by atoms with van der Waals surface area (Å²) in [4.78, 5) is 22.9. The van der Waals surface area contributed by atoms with Gasteiger partial charge in [-0.3, -0.25) is 9.59 Å². The summed E-state index contributed by atoms with van der Waals surface area (Å²) in [6.45, 7) is 0.992. The van der Waals surface area contributed by atoms with Gasteiger partial charge in [-0.2, -0.15) is 13.2 Å². The van der Waals surface area contributed by atoms with E-state index in [0.29, 0.717) is 11.3 Å². The van der Waals surface area contributed by atoms with E-state index < -0.39 is 24.3 Å². The molecule has 0 saturated carbocycles. The van der Waals surface area contributed by atoms with Gasteiger partial charge < -0.3 is 10.1 Å². The van der Waals surface area contributed by atoms with Crippen LogP contribution in [-0.2, 0) is 11.0 Å². The summed E-state index contributed by atoms with van der Waals surface area (Å²) in [5.41, 5.74) is 0.117. The van der Waals surface area contributed by atoms with Crippen molar-refractivity contribution < 1.29 is 27.5 Å². The molecule has 0 aromatic heterocycles. The summed E-state index contributed by atoms with van der Waals surface area (Å²) in [7, 11) is 0. The Morgan fingerprint density at radius 2 is 1.75 bits per heavy atom. The third kappa shape index (κ3) is 4.84. The highest BCUT2D eigenvalue weighted by molar-refractivity contribution is 5.95. The van der Waals surface area contributed by atoms with Crippen LogP contribution in [0.3, 0.4) is 0 Å². The van der Waals surface area contributed by atoms with Crippen molar-refractivity contribution in [2.45, 2.75) is 13.1 Å². The number of anilines is 1. The van der Waals surface area contributed by atoms with Gasteiger partial charge in [-0.25, -0.2) is 0 Å². The molecule has 0 radical (unpaired) electrons. The highest BCUT2D eigenvalue weighted by Crippen LogP contribution is 2.31. The molecule has 2 aromatic carbocycles. The molecule has 0 fully saturated rings. The predicted octanol–water partition coefficient (Wildman–Crippen LogP) is 3.93. The van der Waals surface area contributed by atoms with E-state index in [1.54, 1.807) is 24.3 Å². The van der Waals surface area contributed by atoms with E-state index in [2.05, 4.69) is 5.32 Å². The molecule has 2 rings (SSSR count). The molecule has 7 heteroatoms. The number of hydrogen-bond acceptors (Lipinski definition) is 3. The van der Waals surface area contributed by atoms with Crippen LogP contribution in [-0.4, -0.2) is 18.3 Å². The maximum absolute atomic E-state index is 12.6. The van der Waals surface area contributed by atoms with E-state index >= 15 is 0 Å². The van der Waals surface area contributed by atoms with Crippen LogP contribution in [0.1, 0.15) is 22.8 Å². The van der Waals surface area contributed by atoms with Crippen molar-refractivity contribution >= 4 is 17.4 Å². The standard InChI is InChI=1S/C17H14F3NO3/c1-11(22)12-5-7-14(8-6-12)21-16(23)10-24-15-4-2-3-13(9-15)17(18,19)20/h2-9H,10H2,1H3,(H,21,23). The normalized spacial score (nSPS) is 11.0. The quantitative estimate of drug-likeness (QED) is 0.841. The van der Waals surface area contributed by atoms with Crippen molar-refractivity contribution in [2.75, 3.05) is 11.9 Å². The molecule has 0 spiro atoms. The second-order valence-corrected chi connectivity index (χ2v) is 5.00. The summed E-state index contributed by atoms with van der Waals surface area (Å²) in [6, 6.07) is 10.5. The molecule has 4 nitrogen and oxygen atoms in total. The molecule has 0 unspecified atom stereocenters. The molecule has 0 aliphatic rings. The van der Waals surface area contributed by atoms with Crippen LogP contribution in [0.25, 0.3) is 0 Å². The minimum Gasteiger partial charge on any atom is -0.484 e. The molecule has 2 aromatic rings. The van der Waals surface area contributed by atoms with Crippen LogP contribution < -0.4 is 10.1 Å². The minimum absolute atomic E-state index is 0.0492. The zero-order valence-corrected chi connectivity index (χ0v) is 12.7. The fourth-order valence-electron chi connectivity index (χ4n) is 1.90. The summed E-state index contributed by atoms with van der Waals surface area (Å²) in [5, 5.41) is 2.53. The smallest absolute Gasteiger partial charge is 0.416 e. The van der Waals surface area contributed by atoms with E-state index in [0.717, 1.165) is 12.1 Å². The number of amides is 1. The van der Waals surface area contributed by atoms with Gasteiger partial charge in [0.05, 0.1) is 5.56 Å². The van der Waals surface area contributed by atoms with Gasteiger partial charge in [0.1, 0.15) is 5.75 Å². The Bertz CT molecular complexity index is 739. The third-order valence-electron chi connectivity index (χ3n) is 3.11. The lowest BCUT2D eigenvalue weighted by molar-refractivity contribution is -0.137. The van der Waals surface area contributed by atoms with E-state index in [1.165, 1.54) is 19.1 Å². The summed E-state index contributed by atoms with van der Waals surface area (Å²) in [6.07, 6.45) is -4.47. The lowest BCUT2D eigenvalue weighted by atomic mass is 10.1. The van der Waals surface area contributed by atoms with Gasteiger partial charge >= 0.3 is 6.18 Å². The van der Waals surface area contributed by atoms with Crippen LogP contribution >= 0.6 is 0 Å². The second-order valence-electron chi connectivity index (χ2n) is 5.00. The molecule has 1 N–H and O–H groups in total. The van der Waals surface area contributed by atoms with Crippen LogP contribution in [0.5, 0.6) is 5.75 Å². The fourth-order valence-corrected chi connectivity index (χ4v) is 1.90. The largest absolute Gasteiger partial charge is 0.484 e. The number of halogens is 3. The van der Waals surface area contributed by atoms with Gasteiger partial charge in [-0.15, -0.1) is 0 Å². The summed E-state index contributed by atoms with van der Waals surface area (Å²) >= 11 is 0. The number of nitrogens with one attached hydrogen (secondary N) is 1. The molecule has 0 saturated heterocycles. The van der Waals surface area contributed by atoms with Crippen molar-refractivity contribution in [3.63, 3.8) is 0 Å². The fraction of sp³-hybridized carbons (Fsp3) is 0.176. The monoisotopic (exact) mass is 337 g/mol. The van der Waals surface area contributed by atoms with Gasteiger partial charge in [0.25, 0.3) is 5.91 Å². The van der Waals surface area contributed by atoms with Gasteiger partial charge in [-0.05, 0) is 49.4 Å². The number of ether oxygens (including phenoxy) is 1. The van der Waals surface area contributed by atoms with Crippen molar-refractivity contribution in [3.05, 3.63) is 59.7 Å². The molecule has 0 heterocycles. The molecule has 1 amide bonds. The van der Waals surface area contributed by atoms with Crippen molar-refractivity contribution in [1.29, 1.82) is 0 Å². The predicted molar refractivity (Wildman–Crippen MR) is 82.0 cm³/mol. The minimum atomic E-state index is -4.47. The molecular formula is C17H14F3NO3. The molecule has 0 atom stereocenters. The van der Waals surface area contributed by atoms with Crippen molar-refractivity contribution in [2.24, 2.45) is 0 Å². The first-order valence-corrected chi connectivity index (χ1v) is 6.96. The Hall–Kier alpha value is -2.83. The molecule has 0 bridgehead atoms. The van der Waals surface area contributed by atoms with E-state index in [1.807, 2.05) is 0 Å². The number of carbonyl (C=O) groups excluding carboxylic acids is 2. The highest BCUT2D eigenvalue weighted by Gasteiger charge is 2.30. The molecular weight excluding hydrogens is 323 g/mol. The Labute approximate surface area is 136 Å². The first-order valence-electron chi connectivity index (χ1n) is 6.96. The average Bonchev–Trinajstić information content (AvgIpc) is 2.53. The van der Waals surface area contributed by atoms with E-state index in [-0.39, 0.29) is 11.5 Å². The number of Topliss-reactive ketones (excluding diaryl/α,β-unsaturated/α-hetero) is 1. The maximum Gasteiger partial charge on any atom is 0.416 e. The van der Waals surface area contributed by atoms with Gasteiger partial charge in [0, 0.05) is 11.3 Å². The van der Waals surface area contributed by atoms with E-state index in [9.17, 15) is 22.8 Å². The summed E-state index contributed by atoms with van der Waals surface area (Å²) < 4.78 is 42.8. The number of alkyl halides is 3. The van der Waals surface area contributed by atoms with Crippen molar-refractivity contribution in [3.8, 4) is 5.75 Å².